The molecule has 1 heterocycles. The predicted octanol–water partition coefficient (Wildman–Crippen LogP) is 1.16. The lowest BCUT2D eigenvalue weighted by Gasteiger charge is -2.32. The highest BCUT2D eigenvalue weighted by Gasteiger charge is 2.41. The minimum atomic E-state index is -0.214. The summed E-state index contributed by atoms with van der Waals surface area (Å²) in [5, 5.41) is 19.2. The molecule has 0 fully saturated rings. The van der Waals surface area contributed by atoms with Gasteiger partial charge in [0.1, 0.15) is 6.07 Å². The van der Waals surface area contributed by atoms with Gasteiger partial charge in [-0.3, -0.25) is 0 Å². The summed E-state index contributed by atoms with van der Waals surface area (Å²) in [7, 11) is 5.56. The second kappa shape index (κ2) is 5.34. The van der Waals surface area contributed by atoms with Crippen LogP contribution in [0, 0.1) is 11.3 Å². The smallest absolute Gasteiger partial charge is 0.346 e. The molecule has 1 atom stereocenters. The zero-order valence-electron chi connectivity index (χ0n) is 11.4. The first-order valence-electron chi connectivity index (χ1n) is 5.90. The van der Waals surface area contributed by atoms with Crippen molar-refractivity contribution < 1.29 is 14.4 Å². The van der Waals surface area contributed by atoms with Gasteiger partial charge in [0, 0.05) is 19.0 Å². The molecule has 0 aliphatic carbocycles. The van der Waals surface area contributed by atoms with Gasteiger partial charge in [-0.25, -0.2) is 4.79 Å². The lowest BCUT2D eigenvalue weighted by molar-refractivity contribution is -0.810. The van der Waals surface area contributed by atoms with Gasteiger partial charge in [-0.2, -0.15) is 9.74 Å². The maximum atomic E-state index is 12.1. The molecular formula is C13H20N3O2+. The fourth-order valence-corrected chi connectivity index (χ4v) is 1.98. The van der Waals surface area contributed by atoms with Gasteiger partial charge in [0.15, 0.2) is 5.57 Å². The summed E-state index contributed by atoms with van der Waals surface area (Å²) in [5.74, 6) is -0.316. The van der Waals surface area contributed by atoms with Crippen molar-refractivity contribution in [1.82, 2.24) is 4.90 Å². The van der Waals surface area contributed by atoms with Crippen LogP contribution in [0.4, 0.5) is 0 Å². The minimum Gasteiger partial charge on any atom is -0.466 e. The van der Waals surface area contributed by atoms with Crippen molar-refractivity contribution in [2.45, 2.75) is 13.3 Å². The standard InChI is InChI=1S/C13H19N3O2/c1-10-8-12(17)16(4,7-5-6-15(2)3)13(18)11(10)9-14/h8H,5-7H2,1-4H3/p+1. The van der Waals surface area contributed by atoms with E-state index >= 15 is 0 Å². The van der Waals surface area contributed by atoms with Gasteiger partial charge in [-0.05, 0) is 26.6 Å². The monoisotopic (exact) mass is 250 g/mol. The topological polar surface area (TPSA) is 64.3 Å². The second-order valence-corrected chi connectivity index (χ2v) is 5.05. The molecule has 0 aromatic rings. The average molecular weight is 250 g/mol. The summed E-state index contributed by atoms with van der Waals surface area (Å²) in [6.45, 7) is 2.98. The number of carbonyl (C=O) groups excluding carboxylic acids is 1. The van der Waals surface area contributed by atoms with Gasteiger partial charge >= 0.3 is 11.8 Å². The van der Waals surface area contributed by atoms with Crippen molar-refractivity contribution in [1.29, 1.82) is 5.26 Å². The molecule has 1 rings (SSSR count). The molecule has 0 bridgehead atoms. The van der Waals surface area contributed by atoms with Gasteiger partial charge < -0.3 is 10.0 Å². The highest BCUT2D eigenvalue weighted by molar-refractivity contribution is 5.86. The SMILES string of the molecule is CC1=CC(=O)[N+](C)(CCCN(C)C)C(O)=C1C#N. The lowest BCUT2D eigenvalue weighted by Crippen LogP contribution is -2.51. The third-order valence-electron chi connectivity index (χ3n) is 3.23. The van der Waals surface area contributed by atoms with E-state index in [1.165, 1.54) is 6.08 Å². The maximum Gasteiger partial charge on any atom is 0.346 e. The number of likely N-dealkylation sites (N-methyl/N-ethyl adjacent to an activating group) is 1. The Morgan fingerprint density at radius 2 is 2.11 bits per heavy atom. The van der Waals surface area contributed by atoms with Crippen molar-refractivity contribution in [3.63, 3.8) is 0 Å². The molecule has 0 aromatic heterocycles. The highest BCUT2D eigenvalue weighted by atomic mass is 16.3. The van der Waals surface area contributed by atoms with E-state index in [4.69, 9.17) is 5.26 Å². The molecule has 1 N–H and O–H groups in total. The zero-order valence-corrected chi connectivity index (χ0v) is 11.4. The van der Waals surface area contributed by atoms with E-state index in [0.717, 1.165) is 13.0 Å². The van der Waals surface area contributed by atoms with Crippen LogP contribution in [-0.4, -0.2) is 54.6 Å². The number of allylic oxidation sites excluding steroid dienone is 2. The molecule has 0 aromatic carbocycles. The Morgan fingerprint density at radius 3 is 2.61 bits per heavy atom. The Labute approximate surface area is 108 Å². The Hall–Kier alpha value is -1.64. The number of nitriles is 1. The number of rotatable bonds is 4. The summed E-state index contributed by atoms with van der Waals surface area (Å²) >= 11 is 0. The van der Waals surface area contributed by atoms with Crippen LogP contribution in [0.1, 0.15) is 13.3 Å². The third-order valence-corrected chi connectivity index (χ3v) is 3.23. The Balaban J connectivity index is 2.97. The van der Waals surface area contributed by atoms with Gasteiger partial charge in [-0.15, -0.1) is 0 Å². The van der Waals surface area contributed by atoms with Gasteiger partial charge in [0.25, 0.3) is 0 Å². The van der Waals surface area contributed by atoms with E-state index in [1.807, 2.05) is 25.1 Å². The number of hydrogen-bond donors (Lipinski definition) is 1. The maximum absolute atomic E-state index is 12.1. The molecule has 0 radical (unpaired) electrons. The van der Waals surface area contributed by atoms with Crippen LogP contribution in [0.3, 0.4) is 0 Å². The molecule has 98 valence electrons. The Bertz CT molecular complexity index is 457. The Morgan fingerprint density at radius 1 is 1.50 bits per heavy atom. The summed E-state index contributed by atoms with van der Waals surface area (Å²) in [4.78, 5) is 14.1. The molecule has 1 aliphatic heterocycles. The van der Waals surface area contributed by atoms with Crippen LogP contribution >= 0.6 is 0 Å². The molecule has 1 amide bonds. The average Bonchev–Trinajstić information content (AvgIpc) is 2.27. The lowest BCUT2D eigenvalue weighted by atomic mass is 10.0. The van der Waals surface area contributed by atoms with E-state index in [1.54, 1.807) is 14.0 Å². The van der Waals surface area contributed by atoms with Crippen LogP contribution in [0.2, 0.25) is 0 Å². The van der Waals surface area contributed by atoms with Crippen molar-refractivity contribution in [3.05, 3.63) is 23.1 Å². The van der Waals surface area contributed by atoms with Gasteiger partial charge in [0.05, 0.1) is 13.6 Å². The first-order valence-corrected chi connectivity index (χ1v) is 5.90. The van der Waals surface area contributed by atoms with Crippen LogP contribution < -0.4 is 0 Å². The summed E-state index contributed by atoms with van der Waals surface area (Å²) < 4.78 is -0.214. The van der Waals surface area contributed by atoms with Crippen LogP contribution in [0.25, 0.3) is 0 Å². The van der Waals surface area contributed by atoms with Crippen molar-refractivity contribution >= 4 is 5.91 Å². The first-order chi connectivity index (χ1) is 8.32. The van der Waals surface area contributed by atoms with E-state index in [-0.39, 0.29) is 21.8 Å². The van der Waals surface area contributed by atoms with Crippen molar-refractivity contribution in [2.24, 2.45) is 0 Å². The fraction of sp³-hybridized carbons (Fsp3) is 0.538. The van der Waals surface area contributed by atoms with Gasteiger partial charge in [-0.1, -0.05) is 0 Å². The quantitative estimate of drug-likeness (QED) is 0.761. The molecule has 1 unspecified atom stereocenters. The van der Waals surface area contributed by atoms with Crippen molar-refractivity contribution in [2.75, 3.05) is 34.2 Å². The van der Waals surface area contributed by atoms with Gasteiger partial charge in [0.2, 0.25) is 0 Å². The van der Waals surface area contributed by atoms with E-state index in [2.05, 4.69) is 0 Å². The second-order valence-electron chi connectivity index (χ2n) is 5.05. The number of aliphatic hydroxyl groups is 1. The summed E-state index contributed by atoms with van der Waals surface area (Å²) in [5.41, 5.74) is 0.741. The highest BCUT2D eigenvalue weighted by Crippen LogP contribution is 2.27. The third kappa shape index (κ3) is 2.61. The largest absolute Gasteiger partial charge is 0.466 e. The van der Waals surface area contributed by atoms with Crippen LogP contribution in [-0.2, 0) is 4.79 Å². The molecular weight excluding hydrogens is 230 g/mol. The first kappa shape index (κ1) is 14.4. The fourth-order valence-electron chi connectivity index (χ4n) is 1.98. The molecule has 5 heteroatoms. The predicted molar refractivity (Wildman–Crippen MR) is 68.3 cm³/mol. The molecule has 18 heavy (non-hydrogen) atoms. The Kier molecular flexibility index (Phi) is 4.28. The number of quaternary nitrogens is 1. The number of carbonyl (C=O) groups is 1. The van der Waals surface area contributed by atoms with E-state index < -0.39 is 0 Å². The molecule has 0 saturated heterocycles. The van der Waals surface area contributed by atoms with E-state index in [0.29, 0.717) is 12.1 Å². The van der Waals surface area contributed by atoms with Crippen molar-refractivity contribution in [3.8, 4) is 6.07 Å². The number of hydrogen-bond acceptors (Lipinski definition) is 4. The molecule has 0 spiro atoms. The molecule has 5 nitrogen and oxygen atoms in total. The summed E-state index contributed by atoms with van der Waals surface area (Å²) in [6, 6.07) is 1.96. The normalized spacial score (nSPS) is 24.2. The molecule has 1 aliphatic rings. The number of aliphatic hydroxyl groups excluding tert-OH is 1. The summed E-state index contributed by atoms with van der Waals surface area (Å²) in [6.07, 6.45) is 2.21. The van der Waals surface area contributed by atoms with E-state index in [9.17, 15) is 9.90 Å². The zero-order chi connectivity index (χ0) is 13.9. The molecule has 0 saturated carbocycles. The van der Waals surface area contributed by atoms with Crippen LogP contribution in [0.5, 0.6) is 0 Å². The number of nitrogens with zero attached hydrogens (tertiary/aromatic N) is 3. The van der Waals surface area contributed by atoms with Crippen LogP contribution in [0.15, 0.2) is 23.1 Å². The minimum absolute atomic E-state index is 0.138. The number of amides is 1.